The SMILES string of the molecule is Cc1cc(C)c(Oc2ccc(CBr)cc2Cl)c([N+](=O)[O-])c1. The van der Waals surface area contributed by atoms with Crippen molar-refractivity contribution in [3.8, 4) is 11.5 Å². The maximum atomic E-state index is 11.2. The van der Waals surface area contributed by atoms with Crippen molar-refractivity contribution in [1.29, 1.82) is 0 Å². The summed E-state index contributed by atoms with van der Waals surface area (Å²) in [6.07, 6.45) is 0. The zero-order valence-electron chi connectivity index (χ0n) is 11.5. The lowest BCUT2D eigenvalue weighted by molar-refractivity contribution is -0.385. The van der Waals surface area contributed by atoms with Gasteiger partial charge in [0.05, 0.1) is 9.95 Å². The molecule has 0 heterocycles. The minimum Gasteiger partial charge on any atom is -0.448 e. The van der Waals surface area contributed by atoms with Crippen molar-refractivity contribution in [2.75, 3.05) is 0 Å². The molecule has 0 amide bonds. The van der Waals surface area contributed by atoms with Crippen molar-refractivity contribution in [1.82, 2.24) is 0 Å². The van der Waals surface area contributed by atoms with E-state index in [-0.39, 0.29) is 11.4 Å². The third-order valence-electron chi connectivity index (χ3n) is 2.96. The number of benzene rings is 2. The molecule has 0 spiro atoms. The quantitative estimate of drug-likeness (QED) is 0.402. The summed E-state index contributed by atoms with van der Waals surface area (Å²) in [5, 5.41) is 12.3. The van der Waals surface area contributed by atoms with Crippen molar-refractivity contribution >= 4 is 33.2 Å². The second-order valence-electron chi connectivity index (χ2n) is 4.69. The molecule has 0 aliphatic rings. The van der Waals surface area contributed by atoms with Crippen LogP contribution in [0, 0.1) is 24.0 Å². The summed E-state index contributed by atoms with van der Waals surface area (Å²) >= 11 is 9.50. The molecule has 2 aromatic carbocycles. The van der Waals surface area contributed by atoms with Gasteiger partial charge in [0.1, 0.15) is 5.75 Å². The van der Waals surface area contributed by atoms with Gasteiger partial charge in [-0.3, -0.25) is 10.1 Å². The normalized spacial score (nSPS) is 10.5. The number of halogens is 2. The maximum absolute atomic E-state index is 11.2. The molecule has 0 saturated heterocycles. The summed E-state index contributed by atoms with van der Waals surface area (Å²) in [6.45, 7) is 3.58. The van der Waals surface area contributed by atoms with E-state index in [1.807, 2.05) is 19.1 Å². The number of aryl methyl sites for hydroxylation is 2. The Morgan fingerprint density at radius 3 is 2.57 bits per heavy atom. The van der Waals surface area contributed by atoms with Crippen LogP contribution in [0.1, 0.15) is 16.7 Å². The summed E-state index contributed by atoms with van der Waals surface area (Å²) in [4.78, 5) is 10.7. The largest absolute Gasteiger partial charge is 0.448 e. The maximum Gasteiger partial charge on any atom is 0.312 e. The van der Waals surface area contributed by atoms with E-state index in [9.17, 15) is 10.1 Å². The number of alkyl halides is 1. The van der Waals surface area contributed by atoms with E-state index in [0.29, 0.717) is 21.7 Å². The van der Waals surface area contributed by atoms with Crippen molar-refractivity contribution < 1.29 is 9.66 Å². The van der Waals surface area contributed by atoms with E-state index in [4.69, 9.17) is 16.3 Å². The Labute approximate surface area is 136 Å². The molecule has 0 aromatic heterocycles. The molecule has 0 bridgehead atoms. The van der Waals surface area contributed by atoms with Gasteiger partial charge in [-0.15, -0.1) is 0 Å². The van der Waals surface area contributed by atoms with Crippen molar-refractivity contribution in [3.63, 3.8) is 0 Å². The first-order chi connectivity index (χ1) is 9.92. The number of hydrogen-bond acceptors (Lipinski definition) is 3. The molecule has 0 fully saturated rings. The van der Waals surface area contributed by atoms with Crippen LogP contribution in [0.2, 0.25) is 5.02 Å². The van der Waals surface area contributed by atoms with Crippen LogP contribution in [0.4, 0.5) is 5.69 Å². The van der Waals surface area contributed by atoms with Gasteiger partial charge in [-0.1, -0.05) is 39.7 Å². The van der Waals surface area contributed by atoms with Gasteiger partial charge >= 0.3 is 5.69 Å². The molecule has 21 heavy (non-hydrogen) atoms. The lowest BCUT2D eigenvalue weighted by Crippen LogP contribution is -1.97. The molecule has 110 valence electrons. The third kappa shape index (κ3) is 3.54. The Bertz CT molecular complexity index is 704. The molecule has 2 rings (SSSR count). The molecule has 0 aliphatic heterocycles. The molecular formula is C15H13BrClNO3. The van der Waals surface area contributed by atoms with Crippen LogP contribution < -0.4 is 4.74 Å². The fourth-order valence-corrected chi connectivity index (χ4v) is 2.61. The molecule has 2 aromatic rings. The van der Waals surface area contributed by atoms with Gasteiger partial charge in [0.15, 0.2) is 0 Å². The topological polar surface area (TPSA) is 52.4 Å². The zero-order valence-corrected chi connectivity index (χ0v) is 13.9. The lowest BCUT2D eigenvalue weighted by Gasteiger charge is -2.12. The van der Waals surface area contributed by atoms with E-state index in [1.165, 1.54) is 6.07 Å². The summed E-state index contributed by atoms with van der Waals surface area (Å²) in [5.74, 6) is 0.621. The van der Waals surface area contributed by atoms with Gasteiger partial charge in [0.2, 0.25) is 5.75 Å². The van der Waals surface area contributed by atoms with Crippen LogP contribution in [0.3, 0.4) is 0 Å². The molecule has 0 saturated carbocycles. The third-order valence-corrected chi connectivity index (χ3v) is 3.90. The van der Waals surface area contributed by atoms with Crippen LogP contribution >= 0.6 is 27.5 Å². The van der Waals surface area contributed by atoms with Gasteiger partial charge in [-0.2, -0.15) is 0 Å². The van der Waals surface area contributed by atoms with Crippen molar-refractivity contribution in [2.24, 2.45) is 0 Å². The standard InChI is InChI=1S/C15H13BrClNO3/c1-9-5-10(2)15(13(6-9)18(19)20)21-14-4-3-11(8-16)7-12(14)17/h3-7H,8H2,1-2H3. The highest BCUT2D eigenvalue weighted by Gasteiger charge is 2.20. The predicted octanol–water partition coefficient (Wildman–Crippen LogP) is 5.55. The van der Waals surface area contributed by atoms with E-state index < -0.39 is 4.92 Å². The number of ether oxygens (including phenoxy) is 1. The second-order valence-corrected chi connectivity index (χ2v) is 5.66. The summed E-state index contributed by atoms with van der Waals surface area (Å²) in [7, 11) is 0. The molecule has 6 heteroatoms. The van der Waals surface area contributed by atoms with Gasteiger partial charge in [0.25, 0.3) is 0 Å². The van der Waals surface area contributed by atoms with E-state index in [0.717, 1.165) is 11.1 Å². The van der Waals surface area contributed by atoms with Crippen LogP contribution in [-0.2, 0) is 5.33 Å². The van der Waals surface area contributed by atoms with Gasteiger partial charge in [-0.25, -0.2) is 0 Å². The van der Waals surface area contributed by atoms with Crippen LogP contribution in [0.5, 0.6) is 11.5 Å². The highest BCUT2D eigenvalue weighted by molar-refractivity contribution is 9.08. The fraction of sp³-hybridized carbons (Fsp3) is 0.200. The molecular weight excluding hydrogens is 358 g/mol. The number of hydrogen-bond donors (Lipinski definition) is 0. The van der Waals surface area contributed by atoms with Gasteiger partial charge in [0, 0.05) is 11.4 Å². The van der Waals surface area contributed by atoms with Crippen LogP contribution in [-0.4, -0.2) is 4.92 Å². The Morgan fingerprint density at radius 2 is 2.00 bits per heavy atom. The van der Waals surface area contributed by atoms with E-state index >= 15 is 0 Å². The number of rotatable bonds is 4. The molecule has 0 radical (unpaired) electrons. The number of nitro groups is 1. The lowest BCUT2D eigenvalue weighted by atomic mass is 10.1. The molecule has 0 unspecified atom stereocenters. The highest BCUT2D eigenvalue weighted by atomic mass is 79.9. The minimum atomic E-state index is -0.448. The summed E-state index contributed by atoms with van der Waals surface area (Å²) in [6, 6.07) is 8.65. The average molecular weight is 371 g/mol. The van der Waals surface area contributed by atoms with Crippen molar-refractivity contribution in [3.05, 3.63) is 62.2 Å². The predicted molar refractivity (Wildman–Crippen MR) is 86.7 cm³/mol. The molecule has 4 nitrogen and oxygen atoms in total. The zero-order chi connectivity index (χ0) is 15.6. The fourth-order valence-electron chi connectivity index (χ4n) is 2.02. The van der Waals surface area contributed by atoms with Gasteiger partial charge in [-0.05, 0) is 42.7 Å². The van der Waals surface area contributed by atoms with Gasteiger partial charge < -0.3 is 4.74 Å². The Kier molecular flexibility index (Phi) is 4.85. The number of nitro benzene ring substituents is 1. The second kappa shape index (κ2) is 6.45. The van der Waals surface area contributed by atoms with E-state index in [1.54, 1.807) is 19.1 Å². The average Bonchev–Trinajstić information content (AvgIpc) is 2.42. The molecule has 0 N–H and O–H groups in total. The van der Waals surface area contributed by atoms with Crippen LogP contribution in [0.15, 0.2) is 30.3 Å². The van der Waals surface area contributed by atoms with E-state index in [2.05, 4.69) is 15.9 Å². The van der Waals surface area contributed by atoms with Crippen molar-refractivity contribution in [2.45, 2.75) is 19.2 Å². The monoisotopic (exact) mass is 369 g/mol. The Hall–Kier alpha value is -1.59. The Morgan fingerprint density at radius 1 is 1.29 bits per heavy atom. The summed E-state index contributed by atoms with van der Waals surface area (Å²) < 4.78 is 5.70. The minimum absolute atomic E-state index is 0.0619. The Balaban J connectivity index is 2.46. The first-order valence-electron chi connectivity index (χ1n) is 6.20. The number of nitrogens with zero attached hydrogens (tertiary/aromatic N) is 1. The molecule has 0 aliphatic carbocycles. The first-order valence-corrected chi connectivity index (χ1v) is 7.70. The summed E-state index contributed by atoms with van der Waals surface area (Å²) in [5.41, 5.74) is 2.45. The van der Waals surface area contributed by atoms with Crippen LogP contribution in [0.25, 0.3) is 0 Å². The smallest absolute Gasteiger partial charge is 0.312 e. The highest BCUT2D eigenvalue weighted by Crippen LogP contribution is 2.38. The molecule has 0 atom stereocenters. The first kappa shape index (κ1) is 15.8.